The molecule has 0 radical (unpaired) electrons. The van der Waals surface area contributed by atoms with E-state index in [0.29, 0.717) is 11.0 Å². The Morgan fingerprint density at radius 2 is 2.12 bits per heavy atom. The fourth-order valence-electron chi connectivity index (χ4n) is 1.94. The van der Waals surface area contributed by atoms with Crippen molar-refractivity contribution in [2.75, 3.05) is 13.6 Å². The van der Waals surface area contributed by atoms with Crippen molar-refractivity contribution in [1.29, 1.82) is 0 Å². The van der Waals surface area contributed by atoms with Crippen molar-refractivity contribution in [3.8, 4) is 5.75 Å². The third-order valence-corrected chi connectivity index (χ3v) is 3.94. The molecule has 16 heavy (non-hydrogen) atoms. The first-order valence-electron chi connectivity index (χ1n) is 5.12. The van der Waals surface area contributed by atoms with E-state index in [0.717, 1.165) is 12.1 Å². The van der Waals surface area contributed by atoms with Crippen LogP contribution < -0.4 is 24.0 Å². The van der Waals surface area contributed by atoms with E-state index in [-0.39, 0.29) is 24.0 Å². The Hall–Kier alpha value is -0.230. The van der Waals surface area contributed by atoms with Gasteiger partial charge in [0.15, 0.2) is 6.54 Å². The zero-order valence-electron chi connectivity index (χ0n) is 9.70. The largest absolute Gasteiger partial charge is 1.00 e. The lowest BCUT2D eigenvalue weighted by atomic mass is 10.1. The van der Waals surface area contributed by atoms with E-state index in [2.05, 4.69) is 18.5 Å². The molecule has 2 nitrogen and oxygen atoms in total. The minimum atomic E-state index is 0. The van der Waals surface area contributed by atoms with Crippen molar-refractivity contribution >= 4 is 16.8 Å². The number of aromatic hydroxyl groups is 1. The zero-order valence-corrected chi connectivity index (χ0v) is 12.7. The van der Waals surface area contributed by atoms with Crippen molar-refractivity contribution in [3.63, 3.8) is 0 Å². The molecular formula is C12H16INOS. The van der Waals surface area contributed by atoms with Gasteiger partial charge in [0, 0.05) is 0 Å². The topological polar surface area (TPSA) is 23.2 Å². The van der Waals surface area contributed by atoms with Gasteiger partial charge in [0.2, 0.25) is 5.04 Å². The minimum Gasteiger partial charge on any atom is -1.00 e. The number of aryl methyl sites for hydroxylation is 1. The quantitative estimate of drug-likeness (QED) is 0.532. The molecular weight excluding hydrogens is 333 g/mol. The summed E-state index contributed by atoms with van der Waals surface area (Å²) in [5, 5.41) is 11.3. The van der Waals surface area contributed by atoms with Crippen LogP contribution in [0.2, 0.25) is 0 Å². The second kappa shape index (κ2) is 5.40. The number of hydrogen-bond donors (Lipinski definition) is 1. The van der Waals surface area contributed by atoms with E-state index in [1.54, 1.807) is 6.07 Å². The molecule has 1 unspecified atom stereocenters. The normalized spacial score (nSPS) is 19.8. The molecule has 1 heterocycles. The Balaban J connectivity index is 0.00000128. The Bertz CT molecular complexity index is 431. The van der Waals surface area contributed by atoms with E-state index < -0.39 is 0 Å². The summed E-state index contributed by atoms with van der Waals surface area (Å²) in [5.74, 6) is 0.343. The summed E-state index contributed by atoms with van der Waals surface area (Å²) in [4.78, 5) is 0. The van der Waals surface area contributed by atoms with Gasteiger partial charge in [0.1, 0.15) is 12.8 Å². The lowest BCUT2D eigenvalue weighted by molar-refractivity contribution is -0.489. The average Bonchev–Trinajstić information content (AvgIpc) is 2.45. The highest BCUT2D eigenvalue weighted by Gasteiger charge is 2.28. The van der Waals surface area contributed by atoms with Gasteiger partial charge in [-0.2, -0.15) is 0 Å². The van der Waals surface area contributed by atoms with E-state index in [9.17, 15) is 5.11 Å². The summed E-state index contributed by atoms with van der Waals surface area (Å²) in [5.41, 5.74) is 2.38. The highest BCUT2D eigenvalue weighted by atomic mass is 127. The number of thioether (sulfide) groups is 1. The molecule has 0 bridgehead atoms. The molecule has 1 aliphatic heterocycles. The van der Waals surface area contributed by atoms with E-state index in [1.165, 1.54) is 10.6 Å². The molecule has 4 heteroatoms. The summed E-state index contributed by atoms with van der Waals surface area (Å²) in [6, 6.07) is 5.58. The second-order valence-corrected chi connectivity index (χ2v) is 5.54. The van der Waals surface area contributed by atoms with Crippen molar-refractivity contribution in [2.45, 2.75) is 19.1 Å². The summed E-state index contributed by atoms with van der Waals surface area (Å²) in [6.07, 6.45) is 0. The predicted molar refractivity (Wildman–Crippen MR) is 65.1 cm³/mol. The molecule has 1 aromatic carbocycles. The molecule has 0 spiro atoms. The van der Waals surface area contributed by atoms with Crippen LogP contribution in [-0.2, 0) is 0 Å². The van der Waals surface area contributed by atoms with Gasteiger partial charge in [-0.15, -0.1) is 0 Å². The van der Waals surface area contributed by atoms with Gasteiger partial charge < -0.3 is 29.1 Å². The number of hydrogen-bond acceptors (Lipinski definition) is 2. The first kappa shape index (κ1) is 13.8. The third kappa shape index (κ3) is 2.71. The van der Waals surface area contributed by atoms with Crippen molar-refractivity contribution in [2.24, 2.45) is 0 Å². The van der Waals surface area contributed by atoms with Crippen LogP contribution in [0.1, 0.15) is 18.1 Å². The van der Waals surface area contributed by atoms with Crippen LogP contribution in [0.5, 0.6) is 5.75 Å². The first-order valence-corrected chi connectivity index (χ1v) is 6.00. The molecule has 0 saturated heterocycles. The molecule has 1 atom stereocenters. The van der Waals surface area contributed by atoms with Gasteiger partial charge in [-0.3, -0.25) is 0 Å². The smallest absolute Gasteiger partial charge is 0.242 e. The van der Waals surface area contributed by atoms with Crippen LogP contribution in [0.4, 0.5) is 0 Å². The summed E-state index contributed by atoms with van der Waals surface area (Å²) in [7, 11) is 2.12. The van der Waals surface area contributed by atoms with Crippen molar-refractivity contribution in [1.82, 2.24) is 0 Å². The highest BCUT2D eigenvalue weighted by Crippen LogP contribution is 2.27. The Kier molecular flexibility index (Phi) is 4.67. The highest BCUT2D eigenvalue weighted by molar-refractivity contribution is 8.14. The number of phenols is 1. The van der Waals surface area contributed by atoms with Crippen LogP contribution in [0.15, 0.2) is 18.2 Å². The van der Waals surface area contributed by atoms with Crippen molar-refractivity contribution < 1.29 is 33.7 Å². The van der Waals surface area contributed by atoms with Gasteiger partial charge in [-0.1, -0.05) is 0 Å². The Morgan fingerprint density at radius 3 is 2.62 bits per heavy atom. The van der Waals surface area contributed by atoms with E-state index in [4.69, 9.17) is 0 Å². The maximum Gasteiger partial charge on any atom is 0.242 e. The van der Waals surface area contributed by atoms with Crippen LogP contribution in [0.3, 0.4) is 0 Å². The fourth-order valence-corrected chi connectivity index (χ4v) is 3.23. The Morgan fingerprint density at radius 1 is 1.44 bits per heavy atom. The van der Waals surface area contributed by atoms with Gasteiger partial charge in [0.25, 0.3) is 0 Å². The molecule has 88 valence electrons. The number of nitrogens with zero attached hydrogens (tertiary/aromatic N) is 1. The molecule has 0 saturated carbocycles. The number of halogens is 1. The maximum absolute atomic E-state index is 9.37. The summed E-state index contributed by atoms with van der Waals surface area (Å²) < 4.78 is 2.29. The maximum atomic E-state index is 9.37. The number of phenolic OH excluding ortho intramolecular Hbond substituents is 1. The van der Waals surface area contributed by atoms with Crippen LogP contribution >= 0.6 is 11.8 Å². The summed E-state index contributed by atoms with van der Waals surface area (Å²) >= 11 is 1.91. The molecule has 1 N–H and O–H groups in total. The predicted octanol–water partition coefficient (Wildman–Crippen LogP) is -0.771. The monoisotopic (exact) mass is 349 g/mol. The third-order valence-electron chi connectivity index (χ3n) is 2.63. The van der Waals surface area contributed by atoms with E-state index >= 15 is 0 Å². The van der Waals surface area contributed by atoms with Crippen molar-refractivity contribution in [3.05, 3.63) is 29.3 Å². The average molecular weight is 349 g/mol. The van der Waals surface area contributed by atoms with Crippen LogP contribution in [0, 0.1) is 6.92 Å². The van der Waals surface area contributed by atoms with E-state index in [1.807, 2.05) is 30.8 Å². The molecule has 0 amide bonds. The molecule has 0 aromatic heterocycles. The summed E-state index contributed by atoms with van der Waals surface area (Å²) in [6.45, 7) is 5.38. The fraction of sp³-hybridized carbons (Fsp3) is 0.417. The molecule has 0 aliphatic carbocycles. The molecule has 1 aromatic rings. The Labute approximate surface area is 118 Å². The standard InChI is InChI=1S/C12H15NOS.HI/c1-8-6-10(14)4-5-11(8)12-13(3)7-9(2)15-12;/h4-6,9H,7H2,1-3H3;1H. The van der Waals surface area contributed by atoms with Gasteiger partial charge >= 0.3 is 0 Å². The molecule has 2 rings (SSSR count). The van der Waals surface area contributed by atoms with Crippen LogP contribution in [-0.4, -0.2) is 33.6 Å². The van der Waals surface area contributed by atoms with Gasteiger partial charge in [-0.25, -0.2) is 4.58 Å². The number of benzene rings is 1. The molecule has 1 aliphatic rings. The SMILES string of the molecule is Cc1cc(O)ccc1C1=[N+](C)CC(C)S1.[I-]. The minimum absolute atomic E-state index is 0. The van der Waals surface area contributed by atoms with Gasteiger partial charge in [0.05, 0.1) is 10.8 Å². The number of rotatable bonds is 1. The lowest BCUT2D eigenvalue weighted by Gasteiger charge is -2.03. The lowest BCUT2D eigenvalue weighted by Crippen LogP contribution is -3.00. The van der Waals surface area contributed by atoms with Gasteiger partial charge in [-0.05, 0) is 49.4 Å². The first-order chi connectivity index (χ1) is 7.08. The van der Waals surface area contributed by atoms with Crippen LogP contribution in [0.25, 0.3) is 0 Å². The second-order valence-electron chi connectivity index (χ2n) is 4.11. The molecule has 0 fully saturated rings. The zero-order chi connectivity index (χ0) is 11.0.